The molecule has 19 heavy (non-hydrogen) atoms. The van der Waals surface area contributed by atoms with Crippen LogP contribution >= 0.6 is 0 Å². The zero-order valence-electron chi connectivity index (χ0n) is 10.7. The number of hydrogen-bond donors (Lipinski definition) is 3. The molecule has 0 spiro atoms. The van der Waals surface area contributed by atoms with E-state index in [-0.39, 0.29) is 12.5 Å². The van der Waals surface area contributed by atoms with E-state index in [9.17, 15) is 14.7 Å². The Morgan fingerprint density at radius 2 is 2.00 bits per heavy atom. The molecule has 5 heteroatoms. The number of carbonyl (C=O) groups is 2. The second-order valence-corrected chi connectivity index (χ2v) is 5.10. The van der Waals surface area contributed by atoms with Gasteiger partial charge in [-0.3, -0.25) is 9.59 Å². The molecular weight excluding hydrogens is 244 g/mol. The molecule has 2 rings (SSSR count). The first-order chi connectivity index (χ1) is 9.03. The van der Waals surface area contributed by atoms with E-state index < -0.39 is 11.4 Å². The van der Waals surface area contributed by atoms with E-state index in [1.165, 1.54) is 0 Å². The molecule has 4 N–H and O–H groups in total. The van der Waals surface area contributed by atoms with Crippen LogP contribution in [0.4, 0.5) is 5.69 Å². The van der Waals surface area contributed by atoms with Gasteiger partial charge in [0.2, 0.25) is 0 Å². The summed E-state index contributed by atoms with van der Waals surface area (Å²) in [5.41, 5.74) is 5.79. The Hall–Kier alpha value is -2.04. The Bertz CT molecular complexity index is 493. The maximum atomic E-state index is 12.0. The van der Waals surface area contributed by atoms with Crippen LogP contribution in [0, 0.1) is 5.41 Å². The zero-order valence-corrected chi connectivity index (χ0v) is 10.7. The average molecular weight is 262 g/mol. The van der Waals surface area contributed by atoms with Crippen molar-refractivity contribution < 1.29 is 14.7 Å². The van der Waals surface area contributed by atoms with Crippen molar-refractivity contribution in [3.63, 3.8) is 0 Å². The van der Waals surface area contributed by atoms with Crippen molar-refractivity contribution >= 4 is 17.6 Å². The molecule has 1 aliphatic carbocycles. The van der Waals surface area contributed by atoms with Gasteiger partial charge in [-0.05, 0) is 31.0 Å². The van der Waals surface area contributed by atoms with Gasteiger partial charge in [-0.1, -0.05) is 18.9 Å². The normalized spacial score (nSPS) is 17.1. The van der Waals surface area contributed by atoms with Gasteiger partial charge in [0.1, 0.15) is 0 Å². The van der Waals surface area contributed by atoms with Crippen LogP contribution in [-0.2, 0) is 4.79 Å². The Balaban J connectivity index is 2.02. The van der Waals surface area contributed by atoms with Crippen LogP contribution in [0.3, 0.4) is 0 Å². The molecule has 0 heterocycles. The van der Waals surface area contributed by atoms with E-state index in [4.69, 9.17) is 5.73 Å². The Labute approximate surface area is 111 Å². The van der Waals surface area contributed by atoms with Gasteiger partial charge in [0.25, 0.3) is 5.91 Å². The summed E-state index contributed by atoms with van der Waals surface area (Å²) in [6.07, 6.45) is 3.06. The van der Waals surface area contributed by atoms with Crippen LogP contribution in [-0.4, -0.2) is 23.5 Å². The number of hydrogen-bond acceptors (Lipinski definition) is 3. The minimum absolute atomic E-state index is 0.177. The molecule has 1 amide bonds. The van der Waals surface area contributed by atoms with Gasteiger partial charge in [0.05, 0.1) is 5.41 Å². The minimum Gasteiger partial charge on any atom is -0.481 e. The summed E-state index contributed by atoms with van der Waals surface area (Å²) in [7, 11) is 0. The van der Waals surface area contributed by atoms with Crippen molar-refractivity contribution in [3.8, 4) is 0 Å². The molecule has 102 valence electrons. The van der Waals surface area contributed by atoms with Gasteiger partial charge >= 0.3 is 5.97 Å². The largest absolute Gasteiger partial charge is 0.481 e. The predicted octanol–water partition coefficient (Wildman–Crippen LogP) is 1.64. The summed E-state index contributed by atoms with van der Waals surface area (Å²) in [6, 6.07) is 6.64. The first-order valence-electron chi connectivity index (χ1n) is 6.41. The van der Waals surface area contributed by atoms with Crippen molar-refractivity contribution in [1.29, 1.82) is 0 Å². The summed E-state index contributed by atoms with van der Waals surface area (Å²) in [5, 5.41) is 12.0. The standard InChI is InChI=1S/C14H18N2O3/c15-11-5-3-4-10(8-11)12(17)16-9-14(13(18)19)6-1-2-7-14/h3-5,8H,1-2,6-7,9,15H2,(H,16,17)(H,18,19). The number of aliphatic carboxylic acids is 1. The molecule has 5 nitrogen and oxygen atoms in total. The van der Waals surface area contributed by atoms with Crippen molar-refractivity contribution in [2.24, 2.45) is 5.41 Å². The molecule has 0 radical (unpaired) electrons. The van der Waals surface area contributed by atoms with Crippen molar-refractivity contribution in [3.05, 3.63) is 29.8 Å². The van der Waals surface area contributed by atoms with E-state index in [0.717, 1.165) is 12.8 Å². The molecular formula is C14H18N2O3. The second-order valence-electron chi connectivity index (χ2n) is 5.10. The van der Waals surface area contributed by atoms with Gasteiger partial charge in [-0.2, -0.15) is 0 Å². The van der Waals surface area contributed by atoms with Crippen molar-refractivity contribution in [1.82, 2.24) is 5.32 Å². The van der Waals surface area contributed by atoms with Gasteiger partial charge in [-0.25, -0.2) is 0 Å². The first-order valence-corrected chi connectivity index (χ1v) is 6.41. The van der Waals surface area contributed by atoms with Gasteiger partial charge in [0, 0.05) is 17.8 Å². The van der Waals surface area contributed by atoms with Gasteiger partial charge in [0.15, 0.2) is 0 Å². The molecule has 1 aromatic rings. The number of carbonyl (C=O) groups excluding carboxylic acids is 1. The van der Waals surface area contributed by atoms with Crippen LogP contribution in [0.25, 0.3) is 0 Å². The quantitative estimate of drug-likeness (QED) is 0.719. The second kappa shape index (κ2) is 5.30. The van der Waals surface area contributed by atoms with E-state index in [1.54, 1.807) is 24.3 Å². The molecule has 1 saturated carbocycles. The van der Waals surface area contributed by atoms with Crippen LogP contribution in [0.5, 0.6) is 0 Å². The Morgan fingerprint density at radius 3 is 2.58 bits per heavy atom. The van der Waals surface area contributed by atoms with E-state index in [0.29, 0.717) is 24.1 Å². The Morgan fingerprint density at radius 1 is 1.32 bits per heavy atom. The number of anilines is 1. The highest BCUT2D eigenvalue weighted by Gasteiger charge is 2.41. The molecule has 0 unspecified atom stereocenters. The molecule has 1 aromatic carbocycles. The lowest BCUT2D eigenvalue weighted by Crippen LogP contribution is -2.41. The lowest BCUT2D eigenvalue weighted by atomic mass is 9.86. The molecule has 0 saturated heterocycles. The van der Waals surface area contributed by atoms with Crippen LogP contribution < -0.4 is 11.1 Å². The third-order valence-electron chi connectivity index (χ3n) is 3.75. The maximum Gasteiger partial charge on any atom is 0.311 e. The molecule has 0 aliphatic heterocycles. The van der Waals surface area contributed by atoms with Gasteiger partial charge in [-0.15, -0.1) is 0 Å². The van der Waals surface area contributed by atoms with Gasteiger partial charge < -0.3 is 16.2 Å². The van der Waals surface area contributed by atoms with E-state index >= 15 is 0 Å². The SMILES string of the molecule is Nc1cccc(C(=O)NCC2(C(=O)O)CCCC2)c1. The lowest BCUT2D eigenvalue weighted by Gasteiger charge is -2.23. The Kier molecular flexibility index (Phi) is 3.74. The van der Waals surface area contributed by atoms with E-state index in [1.807, 2.05) is 0 Å². The number of carboxylic acid groups (broad SMARTS) is 1. The molecule has 0 aromatic heterocycles. The molecule has 1 aliphatic rings. The fraction of sp³-hybridized carbons (Fsp3) is 0.429. The number of nitrogens with two attached hydrogens (primary N) is 1. The van der Waals surface area contributed by atoms with Crippen LogP contribution in [0.15, 0.2) is 24.3 Å². The third-order valence-corrected chi connectivity index (χ3v) is 3.75. The summed E-state index contributed by atoms with van der Waals surface area (Å²) in [6.45, 7) is 0.177. The number of nitrogen functional groups attached to an aromatic ring is 1. The lowest BCUT2D eigenvalue weighted by molar-refractivity contribution is -0.148. The van der Waals surface area contributed by atoms with Crippen molar-refractivity contribution in [2.45, 2.75) is 25.7 Å². The van der Waals surface area contributed by atoms with E-state index in [2.05, 4.69) is 5.32 Å². The fourth-order valence-corrected chi connectivity index (χ4v) is 2.55. The topological polar surface area (TPSA) is 92.4 Å². The average Bonchev–Trinajstić information content (AvgIpc) is 2.86. The minimum atomic E-state index is -0.821. The fourth-order valence-electron chi connectivity index (χ4n) is 2.55. The highest BCUT2D eigenvalue weighted by atomic mass is 16.4. The number of amides is 1. The summed E-state index contributed by atoms with van der Waals surface area (Å²) >= 11 is 0. The zero-order chi connectivity index (χ0) is 13.9. The number of nitrogens with one attached hydrogen (secondary N) is 1. The smallest absolute Gasteiger partial charge is 0.311 e. The summed E-state index contributed by atoms with van der Waals surface area (Å²) in [5.74, 6) is -1.10. The van der Waals surface area contributed by atoms with Crippen LogP contribution in [0.2, 0.25) is 0 Å². The highest BCUT2D eigenvalue weighted by Crippen LogP contribution is 2.37. The van der Waals surface area contributed by atoms with Crippen molar-refractivity contribution in [2.75, 3.05) is 12.3 Å². The number of carboxylic acids is 1. The maximum absolute atomic E-state index is 12.0. The number of benzene rings is 1. The molecule has 1 fully saturated rings. The molecule has 0 bridgehead atoms. The first kappa shape index (κ1) is 13.4. The summed E-state index contributed by atoms with van der Waals surface area (Å²) < 4.78 is 0. The third kappa shape index (κ3) is 2.86. The molecule has 0 atom stereocenters. The monoisotopic (exact) mass is 262 g/mol. The summed E-state index contributed by atoms with van der Waals surface area (Å²) in [4.78, 5) is 23.3. The number of rotatable bonds is 4. The van der Waals surface area contributed by atoms with Crippen LogP contribution in [0.1, 0.15) is 36.0 Å². The predicted molar refractivity (Wildman–Crippen MR) is 71.7 cm³/mol. The highest BCUT2D eigenvalue weighted by molar-refractivity contribution is 5.95.